The topological polar surface area (TPSA) is 20.3 Å². The van der Waals surface area contributed by atoms with Crippen molar-refractivity contribution in [2.24, 2.45) is 0 Å². The van der Waals surface area contributed by atoms with Crippen LogP contribution in [0.15, 0.2) is 0 Å². The van der Waals surface area contributed by atoms with Crippen LogP contribution in [-0.2, 0) is 4.79 Å². The van der Waals surface area contributed by atoms with E-state index >= 15 is 0 Å². The Kier molecular flexibility index (Phi) is 7.53. The van der Waals surface area contributed by atoms with Crippen molar-refractivity contribution in [1.82, 2.24) is 4.90 Å². The molecule has 2 nitrogen and oxygen atoms in total. The predicted molar refractivity (Wildman–Crippen MR) is 63.7 cm³/mol. The van der Waals surface area contributed by atoms with Gasteiger partial charge >= 0.3 is 0 Å². The summed E-state index contributed by atoms with van der Waals surface area (Å²) in [6.07, 6.45) is 13.0. The summed E-state index contributed by atoms with van der Waals surface area (Å²) in [7, 11) is 0. The Balaban J connectivity index is 1.74. The van der Waals surface area contributed by atoms with Crippen molar-refractivity contribution in [1.29, 1.82) is 0 Å². The molecular weight excluding hydrogens is 186 g/mol. The normalized spacial score (nSPS) is 17.1. The molecule has 87 valence electrons. The van der Waals surface area contributed by atoms with Gasteiger partial charge in [-0.3, -0.25) is 4.79 Å². The second kappa shape index (κ2) is 8.90. The largest absolute Gasteiger partial charge is 0.303 e. The summed E-state index contributed by atoms with van der Waals surface area (Å²) >= 11 is 0. The van der Waals surface area contributed by atoms with Crippen LogP contribution in [-0.4, -0.2) is 30.8 Å². The molecule has 0 bridgehead atoms. The van der Waals surface area contributed by atoms with Crippen molar-refractivity contribution < 1.29 is 4.79 Å². The van der Waals surface area contributed by atoms with Crippen LogP contribution in [0.4, 0.5) is 0 Å². The maximum absolute atomic E-state index is 9.96. The first kappa shape index (κ1) is 12.7. The molecule has 2 heteroatoms. The summed E-state index contributed by atoms with van der Waals surface area (Å²) in [5.41, 5.74) is 0. The highest BCUT2D eigenvalue weighted by molar-refractivity contribution is 5.50. The lowest BCUT2D eigenvalue weighted by Crippen LogP contribution is -2.20. The van der Waals surface area contributed by atoms with E-state index < -0.39 is 0 Å². The third-order valence-corrected chi connectivity index (χ3v) is 3.20. The van der Waals surface area contributed by atoms with E-state index in [0.717, 1.165) is 6.42 Å². The first-order chi connectivity index (χ1) is 7.43. The van der Waals surface area contributed by atoms with Crippen molar-refractivity contribution >= 4 is 6.29 Å². The van der Waals surface area contributed by atoms with Gasteiger partial charge in [-0.1, -0.05) is 25.7 Å². The van der Waals surface area contributed by atoms with Gasteiger partial charge in [0.15, 0.2) is 6.29 Å². The van der Waals surface area contributed by atoms with Crippen LogP contribution >= 0.6 is 0 Å². The molecule has 0 spiro atoms. The summed E-state index contributed by atoms with van der Waals surface area (Å²) in [4.78, 5) is 12.5. The molecule has 1 aliphatic heterocycles. The zero-order valence-electron chi connectivity index (χ0n) is 9.84. The Bertz CT molecular complexity index is 153. The van der Waals surface area contributed by atoms with Crippen LogP contribution in [0.2, 0.25) is 0 Å². The van der Waals surface area contributed by atoms with Crippen molar-refractivity contribution in [3.8, 4) is 0 Å². The van der Waals surface area contributed by atoms with Crippen molar-refractivity contribution in [3.63, 3.8) is 0 Å². The number of likely N-dealkylation sites (tertiary alicyclic amines) is 1. The number of hydrogen-bond donors (Lipinski definition) is 0. The zero-order valence-corrected chi connectivity index (χ0v) is 9.84. The summed E-state index contributed by atoms with van der Waals surface area (Å²) in [6, 6.07) is 0. The van der Waals surface area contributed by atoms with E-state index in [1.807, 2.05) is 6.29 Å². The Morgan fingerprint density at radius 2 is 1.47 bits per heavy atom. The SMILES string of the molecule is O=[C]CCCCCCCCN1CCCC1. The average Bonchev–Trinajstić information content (AvgIpc) is 2.75. The maximum Gasteiger partial charge on any atom is 0.198 e. The lowest BCUT2D eigenvalue weighted by Gasteiger charge is -2.13. The Morgan fingerprint density at radius 1 is 0.867 bits per heavy atom. The third kappa shape index (κ3) is 6.67. The third-order valence-electron chi connectivity index (χ3n) is 3.20. The van der Waals surface area contributed by atoms with Gasteiger partial charge in [-0.05, 0) is 45.3 Å². The fourth-order valence-electron chi connectivity index (χ4n) is 2.25. The minimum atomic E-state index is 0.633. The van der Waals surface area contributed by atoms with Crippen LogP contribution in [0.5, 0.6) is 0 Å². The van der Waals surface area contributed by atoms with Crippen LogP contribution in [0, 0.1) is 0 Å². The number of rotatable bonds is 9. The molecule has 0 aliphatic carbocycles. The van der Waals surface area contributed by atoms with Gasteiger partial charge in [0.05, 0.1) is 0 Å². The van der Waals surface area contributed by atoms with E-state index in [1.54, 1.807) is 0 Å². The number of carbonyl (C=O) groups excluding carboxylic acids is 1. The highest BCUT2D eigenvalue weighted by Gasteiger charge is 2.09. The van der Waals surface area contributed by atoms with Gasteiger partial charge in [0.2, 0.25) is 0 Å². The average molecular weight is 210 g/mol. The molecule has 0 aromatic heterocycles. The van der Waals surface area contributed by atoms with Gasteiger partial charge < -0.3 is 4.90 Å². The van der Waals surface area contributed by atoms with E-state index in [9.17, 15) is 4.79 Å². The summed E-state index contributed by atoms with van der Waals surface area (Å²) in [6.45, 7) is 3.96. The van der Waals surface area contributed by atoms with Gasteiger partial charge in [-0.15, -0.1) is 0 Å². The van der Waals surface area contributed by atoms with Crippen LogP contribution in [0.1, 0.15) is 57.8 Å². The fourth-order valence-corrected chi connectivity index (χ4v) is 2.25. The summed E-state index contributed by atoms with van der Waals surface area (Å²) < 4.78 is 0. The number of nitrogens with zero attached hydrogens (tertiary/aromatic N) is 1. The zero-order chi connectivity index (χ0) is 10.8. The fraction of sp³-hybridized carbons (Fsp3) is 0.923. The lowest BCUT2D eigenvalue weighted by atomic mass is 10.1. The standard InChI is InChI=1S/C13H24NO/c15-13-9-5-3-1-2-4-6-10-14-11-7-8-12-14/h1-12H2. The van der Waals surface area contributed by atoms with Gasteiger partial charge in [0.25, 0.3) is 0 Å². The van der Waals surface area contributed by atoms with E-state index in [0.29, 0.717) is 6.42 Å². The van der Waals surface area contributed by atoms with Gasteiger partial charge in [0.1, 0.15) is 0 Å². The van der Waals surface area contributed by atoms with Crippen LogP contribution in [0.3, 0.4) is 0 Å². The molecule has 1 fully saturated rings. The first-order valence-corrected chi connectivity index (χ1v) is 6.51. The minimum absolute atomic E-state index is 0.633. The molecule has 1 radical (unpaired) electrons. The molecule has 0 unspecified atom stereocenters. The molecule has 0 N–H and O–H groups in total. The van der Waals surface area contributed by atoms with Gasteiger partial charge in [-0.25, -0.2) is 0 Å². The monoisotopic (exact) mass is 210 g/mol. The quantitative estimate of drug-likeness (QED) is 0.545. The molecule has 1 heterocycles. The number of hydrogen-bond acceptors (Lipinski definition) is 2. The Labute approximate surface area is 94.0 Å². The molecule has 0 atom stereocenters. The minimum Gasteiger partial charge on any atom is -0.303 e. The highest BCUT2D eigenvalue weighted by Crippen LogP contribution is 2.11. The van der Waals surface area contributed by atoms with Crippen molar-refractivity contribution in [2.45, 2.75) is 57.8 Å². The van der Waals surface area contributed by atoms with E-state index in [1.165, 1.54) is 64.6 Å². The van der Waals surface area contributed by atoms with Gasteiger partial charge in [-0.2, -0.15) is 0 Å². The van der Waals surface area contributed by atoms with E-state index in [4.69, 9.17) is 0 Å². The van der Waals surface area contributed by atoms with Crippen molar-refractivity contribution in [3.05, 3.63) is 0 Å². The van der Waals surface area contributed by atoms with Crippen LogP contribution in [0.25, 0.3) is 0 Å². The molecule has 15 heavy (non-hydrogen) atoms. The maximum atomic E-state index is 9.96. The van der Waals surface area contributed by atoms with E-state index in [-0.39, 0.29) is 0 Å². The van der Waals surface area contributed by atoms with Gasteiger partial charge in [0, 0.05) is 6.42 Å². The molecule has 0 aromatic carbocycles. The molecule has 1 saturated heterocycles. The Morgan fingerprint density at radius 3 is 2.13 bits per heavy atom. The highest BCUT2D eigenvalue weighted by atomic mass is 16.1. The second-order valence-corrected chi connectivity index (χ2v) is 4.56. The lowest BCUT2D eigenvalue weighted by molar-refractivity contribution is 0.327. The molecule has 0 saturated carbocycles. The molecule has 0 amide bonds. The molecule has 1 rings (SSSR count). The Hall–Kier alpha value is -0.370. The van der Waals surface area contributed by atoms with Crippen molar-refractivity contribution in [2.75, 3.05) is 19.6 Å². The molecular formula is C13H24NO. The smallest absolute Gasteiger partial charge is 0.198 e. The summed E-state index contributed by atoms with van der Waals surface area (Å²) in [5, 5.41) is 0. The van der Waals surface area contributed by atoms with Crippen LogP contribution < -0.4 is 0 Å². The predicted octanol–water partition coefficient (Wildman–Crippen LogP) is 2.92. The summed E-state index contributed by atoms with van der Waals surface area (Å²) in [5.74, 6) is 0. The first-order valence-electron chi connectivity index (χ1n) is 6.51. The number of unbranched alkanes of at least 4 members (excludes halogenated alkanes) is 6. The molecule has 0 aromatic rings. The second-order valence-electron chi connectivity index (χ2n) is 4.56. The van der Waals surface area contributed by atoms with E-state index in [2.05, 4.69) is 4.90 Å². The molecule has 1 aliphatic rings.